The number of likely N-dealkylation sites (tertiary alicyclic amines) is 1. The van der Waals surface area contributed by atoms with E-state index < -0.39 is 0 Å². The molecule has 0 unspecified atom stereocenters. The van der Waals surface area contributed by atoms with Gasteiger partial charge in [-0.1, -0.05) is 30.3 Å². The molecular formula is C26H32N4OS. The van der Waals surface area contributed by atoms with Crippen LogP contribution in [0.4, 0.5) is 5.82 Å². The van der Waals surface area contributed by atoms with Gasteiger partial charge in [0.05, 0.1) is 10.3 Å². The second-order valence-electron chi connectivity index (χ2n) is 9.30. The molecule has 0 N–H and O–H groups in total. The molecule has 5 rings (SSSR count). The van der Waals surface area contributed by atoms with Crippen molar-refractivity contribution in [1.29, 1.82) is 0 Å². The zero-order valence-corrected chi connectivity index (χ0v) is 20.0. The Bertz CT molecular complexity index is 1100. The number of carbonyl (C=O) groups excluding carboxylic acids is 1. The van der Waals surface area contributed by atoms with E-state index in [0.717, 1.165) is 77.7 Å². The second-order valence-corrected chi connectivity index (χ2v) is 10.3. The Morgan fingerprint density at radius 2 is 1.72 bits per heavy atom. The number of benzene rings is 1. The molecule has 4 heterocycles. The van der Waals surface area contributed by atoms with Crippen LogP contribution in [-0.4, -0.2) is 47.0 Å². The molecule has 2 aliphatic heterocycles. The van der Waals surface area contributed by atoms with Crippen molar-refractivity contribution in [3.8, 4) is 0 Å². The summed E-state index contributed by atoms with van der Waals surface area (Å²) < 4.78 is 0. The maximum absolute atomic E-state index is 13.5. The van der Waals surface area contributed by atoms with Gasteiger partial charge in [-0.15, -0.1) is 11.3 Å². The predicted molar refractivity (Wildman–Crippen MR) is 132 cm³/mol. The number of aryl methyl sites for hydroxylation is 2. The first-order chi connectivity index (χ1) is 15.6. The summed E-state index contributed by atoms with van der Waals surface area (Å²) in [6.07, 6.45) is 6.95. The highest BCUT2D eigenvalue weighted by Gasteiger charge is 2.28. The summed E-state index contributed by atoms with van der Waals surface area (Å²) >= 11 is 1.55. The molecular weight excluding hydrogens is 416 g/mol. The minimum Gasteiger partial charge on any atom is -0.356 e. The first kappa shape index (κ1) is 21.4. The van der Waals surface area contributed by atoms with Gasteiger partial charge >= 0.3 is 0 Å². The van der Waals surface area contributed by atoms with Gasteiger partial charge in [0.2, 0.25) is 0 Å². The van der Waals surface area contributed by atoms with Crippen LogP contribution in [0.1, 0.15) is 58.7 Å². The topological polar surface area (TPSA) is 49.3 Å². The van der Waals surface area contributed by atoms with Crippen molar-refractivity contribution in [2.45, 2.75) is 52.4 Å². The number of anilines is 1. The summed E-state index contributed by atoms with van der Waals surface area (Å²) in [4.78, 5) is 29.3. The standard InChI is InChI=1S/C26H32N4OS/c1-18-22-24(29-13-7-4-8-14-29)27-19(2)28-25(22)32-23(18)26(31)30-15-11-21(12-16-30)17-20-9-5-3-6-10-20/h3,5-6,9-10,21H,4,7-8,11-17H2,1-2H3. The van der Waals surface area contributed by atoms with E-state index in [1.165, 1.54) is 24.8 Å². The fraction of sp³-hybridized carbons (Fsp3) is 0.500. The number of rotatable bonds is 4. The van der Waals surface area contributed by atoms with Crippen molar-refractivity contribution in [3.63, 3.8) is 0 Å². The monoisotopic (exact) mass is 448 g/mol. The maximum atomic E-state index is 13.5. The van der Waals surface area contributed by atoms with Gasteiger partial charge in [0.25, 0.3) is 5.91 Å². The van der Waals surface area contributed by atoms with Crippen molar-refractivity contribution in [1.82, 2.24) is 14.9 Å². The van der Waals surface area contributed by atoms with E-state index >= 15 is 0 Å². The van der Waals surface area contributed by atoms with Crippen molar-refractivity contribution >= 4 is 33.3 Å². The molecule has 32 heavy (non-hydrogen) atoms. The quantitative estimate of drug-likeness (QED) is 0.537. The SMILES string of the molecule is Cc1nc(N2CCCCC2)c2c(C)c(C(=O)N3CCC(Cc4ccccc4)CC3)sc2n1. The summed E-state index contributed by atoms with van der Waals surface area (Å²) in [5.74, 6) is 2.65. The molecule has 2 saturated heterocycles. The Labute approximate surface area is 194 Å². The highest BCUT2D eigenvalue weighted by molar-refractivity contribution is 7.20. The molecule has 0 aliphatic carbocycles. The first-order valence-corrected chi connectivity index (χ1v) is 12.8. The van der Waals surface area contributed by atoms with Crippen molar-refractivity contribution in [2.24, 2.45) is 5.92 Å². The molecule has 5 nitrogen and oxygen atoms in total. The lowest BCUT2D eigenvalue weighted by molar-refractivity contribution is 0.0695. The first-order valence-electron chi connectivity index (χ1n) is 12.0. The van der Waals surface area contributed by atoms with E-state index in [2.05, 4.69) is 47.1 Å². The summed E-state index contributed by atoms with van der Waals surface area (Å²) in [5, 5.41) is 1.09. The number of thiophene rings is 1. The number of hydrogen-bond acceptors (Lipinski definition) is 5. The van der Waals surface area contributed by atoms with E-state index in [0.29, 0.717) is 5.92 Å². The summed E-state index contributed by atoms with van der Waals surface area (Å²) in [6.45, 7) is 7.81. The molecule has 1 aromatic carbocycles. The van der Waals surface area contributed by atoms with Gasteiger partial charge in [0.15, 0.2) is 0 Å². The molecule has 0 saturated carbocycles. The number of piperidine rings is 2. The molecule has 2 aliphatic rings. The van der Waals surface area contributed by atoms with Gasteiger partial charge in [-0.3, -0.25) is 4.79 Å². The average molecular weight is 449 g/mol. The van der Waals surface area contributed by atoms with Crippen LogP contribution in [0.15, 0.2) is 30.3 Å². The minimum atomic E-state index is 0.172. The van der Waals surface area contributed by atoms with Gasteiger partial charge in [-0.25, -0.2) is 9.97 Å². The number of aromatic nitrogens is 2. The van der Waals surface area contributed by atoms with Crippen LogP contribution in [0.5, 0.6) is 0 Å². The Morgan fingerprint density at radius 1 is 1.00 bits per heavy atom. The fourth-order valence-electron chi connectivity index (χ4n) is 5.19. The van der Waals surface area contributed by atoms with E-state index in [1.54, 1.807) is 11.3 Å². The van der Waals surface area contributed by atoms with E-state index in [-0.39, 0.29) is 5.91 Å². The lowest BCUT2D eigenvalue weighted by atomic mass is 9.90. The molecule has 168 valence electrons. The summed E-state index contributed by atoms with van der Waals surface area (Å²) in [5.41, 5.74) is 2.46. The third-order valence-electron chi connectivity index (χ3n) is 7.00. The Kier molecular flexibility index (Phi) is 6.13. The molecule has 3 aromatic rings. The van der Waals surface area contributed by atoms with E-state index in [9.17, 15) is 4.79 Å². The molecule has 6 heteroatoms. The lowest BCUT2D eigenvalue weighted by Gasteiger charge is -2.32. The van der Waals surface area contributed by atoms with Crippen molar-refractivity contribution in [3.05, 3.63) is 52.2 Å². The number of fused-ring (bicyclic) bond motifs is 1. The van der Waals surface area contributed by atoms with Crippen LogP contribution in [0, 0.1) is 19.8 Å². The molecule has 2 fully saturated rings. The maximum Gasteiger partial charge on any atom is 0.264 e. The average Bonchev–Trinajstić information content (AvgIpc) is 3.16. The predicted octanol–water partition coefficient (Wildman–Crippen LogP) is 5.39. The zero-order valence-electron chi connectivity index (χ0n) is 19.1. The zero-order chi connectivity index (χ0) is 22.1. The van der Waals surface area contributed by atoms with E-state index in [4.69, 9.17) is 9.97 Å². The normalized spacial score (nSPS) is 17.8. The van der Waals surface area contributed by atoms with Gasteiger partial charge in [-0.2, -0.15) is 0 Å². The Morgan fingerprint density at radius 3 is 2.44 bits per heavy atom. The van der Waals surface area contributed by atoms with Gasteiger partial charge < -0.3 is 9.80 Å². The number of amides is 1. The van der Waals surface area contributed by atoms with Crippen molar-refractivity contribution in [2.75, 3.05) is 31.1 Å². The van der Waals surface area contributed by atoms with Gasteiger partial charge in [0, 0.05) is 26.2 Å². The molecule has 1 amide bonds. The smallest absolute Gasteiger partial charge is 0.264 e. The fourth-order valence-corrected chi connectivity index (χ4v) is 6.38. The van der Waals surface area contributed by atoms with Crippen LogP contribution >= 0.6 is 11.3 Å². The molecule has 0 spiro atoms. The third kappa shape index (κ3) is 4.25. The minimum absolute atomic E-state index is 0.172. The van der Waals surface area contributed by atoms with E-state index in [1.807, 2.05) is 6.92 Å². The molecule has 0 radical (unpaired) electrons. The highest BCUT2D eigenvalue weighted by atomic mass is 32.1. The highest BCUT2D eigenvalue weighted by Crippen LogP contribution is 2.37. The van der Waals surface area contributed by atoms with Gasteiger partial charge in [0.1, 0.15) is 16.5 Å². The van der Waals surface area contributed by atoms with Crippen LogP contribution in [0.3, 0.4) is 0 Å². The molecule has 0 bridgehead atoms. The Balaban J connectivity index is 1.34. The number of carbonyl (C=O) groups is 1. The summed E-state index contributed by atoms with van der Waals surface area (Å²) in [7, 11) is 0. The van der Waals surface area contributed by atoms with Gasteiger partial charge in [-0.05, 0) is 69.4 Å². The Hall–Kier alpha value is -2.47. The lowest BCUT2D eigenvalue weighted by Crippen LogP contribution is -2.38. The van der Waals surface area contributed by atoms with Crippen LogP contribution in [0.25, 0.3) is 10.2 Å². The largest absolute Gasteiger partial charge is 0.356 e. The number of nitrogens with zero attached hydrogens (tertiary/aromatic N) is 4. The number of hydrogen-bond donors (Lipinski definition) is 0. The van der Waals surface area contributed by atoms with Crippen LogP contribution in [0.2, 0.25) is 0 Å². The van der Waals surface area contributed by atoms with Crippen LogP contribution < -0.4 is 4.90 Å². The molecule has 2 aromatic heterocycles. The second kappa shape index (κ2) is 9.18. The van der Waals surface area contributed by atoms with Crippen molar-refractivity contribution < 1.29 is 4.79 Å². The third-order valence-corrected chi connectivity index (χ3v) is 8.18. The van der Waals surface area contributed by atoms with Crippen LogP contribution in [-0.2, 0) is 6.42 Å². The summed E-state index contributed by atoms with van der Waals surface area (Å²) in [6, 6.07) is 10.7. The molecule has 0 atom stereocenters.